The van der Waals surface area contributed by atoms with E-state index >= 15 is 0 Å². The first kappa shape index (κ1) is 12.9. The Kier molecular flexibility index (Phi) is 3.90. The Hall–Kier alpha value is -1.50. The minimum atomic E-state index is -2.76. The van der Waals surface area contributed by atoms with E-state index in [0.29, 0.717) is 17.6 Å². The highest BCUT2D eigenvalue weighted by Gasteiger charge is 2.27. The van der Waals surface area contributed by atoms with E-state index in [-0.39, 0.29) is 6.54 Å². The molecule has 0 bridgehead atoms. The number of aliphatic hydroxyl groups excluding tert-OH is 1. The fourth-order valence-electron chi connectivity index (χ4n) is 1.51. The molecule has 3 N–H and O–H groups in total. The first-order valence-corrected chi connectivity index (χ1v) is 5.87. The van der Waals surface area contributed by atoms with Crippen molar-refractivity contribution in [1.29, 1.82) is 0 Å². The molecule has 100 valence electrons. The number of halogens is 2. The maximum absolute atomic E-state index is 12.2. The molecule has 7 heteroatoms. The fourth-order valence-corrected chi connectivity index (χ4v) is 1.51. The molecule has 1 heterocycles. The van der Waals surface area contributed by atoms with Crippen LogP contribution in [0.15, 0.2) is 6.07 Å². The van der Waals surface area contributed by atoms with Crippen LogP contribution < -0.4 is 10.6 Å². The molecule has 0 spiro atoms. The second-order valence-corrected chi connectivity index (χ2v) is 4.30. The SMILES string of the molecule is CNc1cc(NCC(O)C(F)F)nc(C2CC2)n1. The molecular weight excluding hydrogens is 242 g/mol. The lowest BCUT2D eigenvalue weighted by atomic mass is 10.3. The molecular formula is C11H16F2N4O. The Labute approximate surface area is 104 Å². The molecule has 0 aliphatic heterocycles. The summed E-state index contributed by atoms with van der Waals surface area (Å²) in [7, 11) is 1.73. The first-order valence-electron chi connectivity index (χ1n) is 5.87. The smallest absolute Gasteiger partial charge is 0.265 e. The third-order valence-corrected chi connectivity index (χ3v) is 2.73. The minimum absolute atomic E-state index is 0.234. The molecule has 1 aliphatic rings. The Morgan fingerprint density at radius 2 is 2.06 bits per heavy atom. The van der Waals surface area contributed by atoms with Gasteiger partial charge in [0.05, 0.1) is 0 Å². The van der Waals surface area contributed by atoms with Crippen molar-refractivity contribution in [3.63, 3.8) is 0 Å². The van der Waals surface area contributed by atoms with Gasteiger partial charge in [-0.25, -0.2) is 18.7 Å². The lowest BCUT2D eigenvalue weighted by Crippen LogP contribution is -2.27. The van der Waals surface area contributed by atoms with E-state index in [9.17, 15) is 8.78 Å². The molecule has 1 unspecified atom stereocenters. The topological polar surface area (TPSA) is 70.1 Å². The summed E-state index contributed by atoms with van der Waals surface area (Å²) < 4.78 is 24.3. The van der Waals surface area contributed by atoms with Crippen molar-refractivity contribution in [1.82, 2.24) is 9.97 Å². The monoisotopic (exact) mass is 258 g/mol. The zero-order valence-electron chi connectivity index (χ0n) is 10.0. The molecule has 1 aromatic heterocycles. The molecule has 0 saturated heterocycles. The van der Waals surface area contributed by atoms with E-state index < -0.39 is 12.5 Å². The van der Waals surface area contributed by atoms with Gasteiger partial charge in [-0.05, 0) is 12.8 Å². The van der Waals surface area contributed by atoms with Crippen molar-refractivity contribution >= 4 is 11.6 Å². The van der Waals surface area contributed by atoms with Crippen LogP contribution in [0.25, 0.3) is 0 Å². The van der Waals surface area contributed by atoms with E-state index in [1.807, 2.05) is 0 Å². The largest absolute Gasteiger partial charge is 0.385 e. The summed E-state index contributed by atoms with van der Waals surface area (Å²) in [5.41, 5.74) is 0. The summed E-state index contributed by atoms with van der Waals surface area (Å²) in [6.07, 6.45) is -2.33. The standard InChI is InChI=1S/C11H16F2N4O/c1-14-8-4-9(15-5-7(18)10(12)13)17-11(16-8)6-2-3-6/h4,6-7,10,18H,2-3,5H2,1H3,(H2,14,15,16,17). The van der Waals surface area contributed by atoms with E-state index in [1.54, 1.807) is 13.1 Å². The molecule has 1 fully saturated rings. The lowest BCUT2D eigenvalue weighted by molar-refractivity contribution is 0.00380. The number of rotatable bonds is 6. The van der Waals surface area contributed by atoms with E-state index in [4.69, 9.17) is 5.11 Å². The molecule has 18 heavy (non-hydrogen) atoms. The third-order valence-electron chi connectivity index (χ3n) is 2.73. The number of anilines is 2. The van der Waals surface area contributed by atoms with Gasteiger partial charge in [0.15, 0.2) is 0 Å². The molecule has 5 nitrogen and oxygen atoms in total. The summed E-state index contributed by atoms with van der Waals surface area (Å²) in [4.78, 5) is 8.56. The van der Waals surface area contributed by atoms with Crippen molar-refractivity contribution in [3.05, 3.63) is 11.9 Å². The Bertz CT molecular complexity index is 412. The first-order chi connectivity index (χ1) is 8.60. The van der Waals surface area contributed by atoms with Crippen LogP contribution in [0.1, 0.15) is 24.6 Å². The van der Waals surface area contributed by atoms with Crippen molar-refractivity contribution in [3.8, 4) is 0 Å². The number of nitrogens with one attached hydrogen (secondary N) is 2. The lowest BCUT2D eigenvalue weighted by Gasteiger charge is -2.12. The van der Waals surface area contributed by atoms with Crippen molar-refractivity contribution in [2.24, 2.45) is 0 Å². The second kappa shape index (κ2) is 5.43. The highest BCUT2D eigenvalue weighted by atomic mass is 19.3. The summed E-state index contributed by atoms with van der Waals surface area (Å²) in [5, 5.41) is 14.6. The predicted octanol–water partition coefficient (Wildman–Crippen LogP) is 1.43. The van der Waals surface area contributed by atoms with Crippen molar-refractivity contribution in [2.75, 3.05) is 24.2 Å². The number of alkyl halides is 2. The summed E-state index contributed by atoms with van der Waals surface area (Å²) >= 11 is 0. The van der Waals surface area contributed by atoms with Gasteiger partial charge in [0.2, 0.25) is 0 Å². The predicted molar refractivity (Wildman–Crippen MR) is 64.1 cm³/mol. The molecule has 0 aromatic carbocycles. The highest BCUT2D eigenvalue weighted by Crippen LogP contribution is 2.38. The van der Waals surface area contributed by atoms with Gasteiger partial charge in [0, 0.05) is 25.6 Å². The summed E-state index contributed by atoms with van der Waals surface area (Å²) in [5.74, 6) is 2.19. The van der Waals surface area contributed by atoms with Gasteiger partial charge in [0.1, 0.15) is 23.6 Å². The summed E-state index contributed by atoms with van der Waals surface area (Å²) in [6.45, 7) is -0.234. The Morgan fingerprint density at radius 3 is 2.61 bits per heavy atom. The van der Waals surface area contributed by atoms with Gasteiger partial charge >= 0.3 is 0 Å². The zero-order chi connectivity index (χ0) is 13.1. The minimum Gasteiger partial charge on any atom is -0.385 e. The van der Waals surface area contributed by atoms with Crippen LogP contribution in [0.4, 0.5) is 20.4 Å². The molecule has 2 rings (SSSR count). The molecule has 1 aliphatic carbocycles. The maximum atomic E-state index is 12.2. The summed E-state index contributed by atoms with van der Waals surface area (Å²) in [6, 6.07) is 1.63. The van der Waals surface area contributed by atoms with E-state index in [1.165, 1.54) is 0 Å². The van der Waals surface area contributed by atoms with Crippen molar-refractivity contribution in [2.45, 2.75) is 31.3 Å². The van der Waals surface area contributed by atoms with Crippen LogP contribution in [0, 0.1) is 0 Å². The Balaban J connectivity index is 2.04. The quantitative estimate of drug-likeness (QED) is 0.720. The number of nitrogens with zero attached hydrogens (tertiary/aromatic N) is 2. The van der Waals surface area contributed by atoms with Crippen LogP contribution in [0.5, 0.6) is 0 Å². The van der Waals surface area contributed by atoms with Crippen LogP contribution in [0.3, 0.4) is 0 Å². The number of aliphatic hydroxyl groups is 1. The fraction of sp³-hybridized carbons (Fsp3) is 0.636. The van der Waals surface area contributed by atoms with Crippen LogP contribution in [-0.2, 0) is 0 Å². The highest BCUT2D eigenvalue weighted by molar-refractivity contribution is 5.47. The molecule has 1 aromatic rings. The van der Waals surface area contributed by atoms with E-state index in [0.717, 1.165) is 18.7 Å². The maximum Gasteiger partial charge on any atom is 0.265 e. The zero-order valence-corrected chi connectivity index (χ0v) is 10.0. The van der Waals surface area contributed by atoms with E-state index in [2.05, 4.69) is 20.6 Å². The molecule has 1 saturated carbocycles. The average molecular weight is 258 g/mol. The van der Waals surface area contributed by atoms with Crippen molar-refractivity contribution < 1.29 is 13.9 Å². The molecule has 1 atom stereocenters. The Morgan fingerprint density at radius 1 is 1.39 bits per heavy atom. The normalized spacial score (nSPS) is 16.7. The van der Waals surface area contributed by atoms with Gasteiger partial charge in [-0.1, -0.05) is 0 Å². The second-order valence-electron chi connectivity index (χ2n) is 4.30. The third kappa shape index (κ3) is 3.25. The van der Waals surface area contributed by atoms with Gasteiger partial charge in [0.25, 0.3) is 6.43 Å². The molecule has 0 radical (unpaired) electrons. The molecule has 0 amide bonds. The average Bonchev–Trinajstić information content (AvgIpc) is 3.19. The van der Waals surface area contributed by atoms with Gasteiger partial charge in [-0.15, -0.1) is 0 Å². The van der Waals surface area contributed by atoms with Gasteiger partial charge in [-0.3, -0.25) is 0 Å². The van der Waals surface area contributed by atoms with Gasteiger partial charge in [-0.2, -0.15) is 0 Å². The van der Waals surface area contributed by atoms with Crippen LogP contribution in [-0.4, -0.2) is 41.2 Å². The number of aromatic nitrogens is 2. The van der Waals surface area contributed by atoms with Crippen LogP contribution in [0.2, 0.25) is 0 Å². The number of hydrogen-bond acceptors (Lipinski definition) is 5. The van der Waals surface area contributed by atoms with Crippen LogP contribution >= 0.6 is 0 Å². The van der Waals surface area contributed by atoms with Gasteiger partial charge < -0.3 is 15.7 Å². The number of hydrogen-bond donors (Lipinski definition) is 3.